The van der Waals surface area contributed by atoms with E-state index in [-0.39, 0.29) is 11.9 Å². The van der Waals surface area contributed by atoms with Gasteiger partial charge in [0.15, 0.2) is 0 Å². The van der Waals surface area contributed by atoms with Crippen molar-refractivity contribution in [2.45, 2.75) is 32.2 Å². The molecule has 1 saturated heterocycles. The number of hydrogen-bond donors (Lipinski definition) is 1. The van der Waals surface area contributed by atoms with Crippen molar-refractivity contribution >= 4 is 17.2 Å². The normalized spacial score (nSPS) is 23.9. The lowest BCUT2D eigenvalue weighted by Gasteiger charge is -2.26. The Morgan fingerprint density at radius 3 is 3.06 bits per heavy atom. The molecule has 1 aromatic rings. The van der Waals surface area contributed by atoms with Crippen molar-refractivity contribution in [1.29, 1.82) is 0 Å². The third-order valence-corrected chi connectivity index (χ3v) is 4.76. The van der Waals surface area contributed by atoms with Crippen LogP contribution in [-0.4, -0.2) is 25.2 Å². The molecule has 1 unspecified atom stereocenters. The summed E-state index contributed by atoms with van der Waals surface area (Å²) >= 11 is 1.67. The molecule has 1 amide bonds. The average molecular weight is 251 g/mol. The van der Waals surface area contributed by atoms with Crippen molar-refractivity contribution in [2.24, 2.45) is 5.92 Å². The molecular weight excluding hydrogens is 234 g/mol. The van der Waals surface area contributed by atoms with Gasteiger partial charge in [0.05, 0.1) is 24.1 Å². The molecule has 1 aliphatic carbocycles. The summed E-state index contributed by atoms with van der Waals surface area (Å²) in [5.41, 5.74) is 1.39. The van der Waals surface area contributed by atoms with Gasteiger partial charge in [0, 0.05) is 4.88 Å². The van der Waals surface area contributed by atoms with Crippen LogP contribution in [0.2, 0.25) is 0 Å². The standard InChI is InChI=1S/C13H17NO2S/c1-8-2-3-11-9(4-8)5-12(17-11)13(15)14-10-6-16-7-10/h5,8,10H,2-4,6-7H2,1H3,(H,14,15). The Bertz CT molecular complexity index is 437. The van der Waals surface area contributed by atoms with Crippen LogP contribution in [0.5, 0.6) is 0 Å². The number of thiophene rings is 1. The Kier molecular flexibility index (Phi) is 2.92. The minimum absolute atomic E-state index is 0.0744. The van der Waals surface area contributed by atoms with E-state index in [2.05, 4.69) is 18.3 Å². The van der Waals surface area contributed by atoms with Gasteiger partial charge >= 0.3 is 0 Å². The molecule has 1 atom stereocenters. The second kappa shape index (κ2) is 4.42. The fourth-order valence-corrected chi connectivity index (χ4v) is 3.50. The number of hydrogen-bond acceptors (Lipinski definition) is 3. The largest absolute Gasteiger partial charge is 0.377 e. The third-order valence-electron chi connectivity index (χ3n) is 3.53. The highest BCUT2D eigenvalue weighted by molar-refractivity contribution is 7.14. The Morgan fingerprint density at radius 2 is 2.35 bits per heavy atom. The van der Waals surface area contributed by atoms with Crippen LogP contribution < -0.4 is 5.32 Å². The zero-order valence-electron chi connectivity index (χ0n) is 9.99. The molecule has 1 aromatic heterocycles. The first kappa shape index (κ1) is 11.2. The summed E-state index contributed by atoms with van der Waals surface area (Å²) in [4.78, 5) is 14.3. The molecular formula is C13H17NO2S. The lowest BCUT2D eigenvalue weighted by Crippen LogP contribution is -2.48. The second-order valence-corrected chi connectivity index (χ2v) is 6.25. The van der Waals surface area contributed by atoms with Crippen molar-refractivity contribution in [2.75, 3.05) is 13.2 Å². The number of aryl methyl sites for hydroxylation is 1. The highest BCUT2D eigenvalue weighted by atomic mass is 32.1. The molecule has 0 aromatic carbocycles. The molecule has 3 nitrogen and oxygen atoms in total. The van der Waals surface area contributed by atoms with Gasteiger partial charge in [0.1, 0.15) is 0 Å². The molecule has 1 aliphatic heterocycles. The Labute approximate surface area is 105 Å². The van der Waals surface area contributed by atoms with Crippen LogP contribution in [-0.2, 0) is 17.6 Å². The monoisotopic (exact) mass is 251 g/mol. The first-order valence-corrected chi connectivity index (χ1v) is 7.04. The van der Waals surface area contributed by atoms with Crippen LogP contribution in [0.25, 0.3) is 0 Å². The van der Waals surface area contributed by atoms with Crippen LogP contribution in [0.15, 0.2) is 6.07 Å². The van der Waals surface area contributed by atoms with E-state index in [1.54, 1.807) is 11.3 Å². The van der Waals surface area contributed by atoms with Crippen LogP contribution in [0.1, 0.15) is 33.5 Å². The van der Waals surface area contributed by atoms with E-state index in [4.69, 9.17) is 4.74 Å². The van der Waals surface area contributed by atoms with Gasteiger partial charge in [0.2, 0.25) is 0 Å². The molecule has 0 radical (unpaired) electrons. The number of carbonyl (C=O) groups is 1. The first-order valence-electron chi connectivity index (χ1n) is 6.22. The van der Waals surface area contributed by atoms with Crippen molar-refractivity contribution in [3.05, 3.63) is 21.4 Å². The van der Waals surface area contributed by atoms with Gasteiger partial charge in [0.25, 0.3) is 5.91 Å². The van der Waals surface area contributed by atoms with Gasteiger partial charge in [-0.2, -0.15) is 0 Å². The van der Waals surface area contributed by atoms with E-state index < -0.39 is 0 Å². The molecule has 3 rings (SSSR count). The summed E-state index contributed by atoms with van der Waals surface area (Å²) in [6.45, 7) is 3.60. The minimum atomic E-state index is 0.0744. The van der Waals surface area contributed by atoms with E-state index in [1.165, 1.54) is 16.9 Å². The molecule has 0 saturated carbocycles. The van der Waals surface area contributed by atoms with Crippen molar-refractivity contribution in [1.82, 2.24) is 5.32 Å². The van der Waals surface area contributed by atoms with Gasteiger partial charge in [-0.1, -0.05) is 6.92 Å². The summed E-state index contributed by atoms with van der Waals surface area (Å²) in [6.07, 6.45) is 3.53. The predicted molar refractivity (Wildman–Crippen MR) is 67.6 cm³/mol. The van der Waals surface area contributed by atoms with Gasteiger partial charge in [-0.3, -0.25) is 4.79 Å². The summed E-state index contributed by atoms with van der Waals surface area (Å²) in [5.74, 6) is 0.832. The maximum atomic E-state index is 12.0. The summed E-state index contributed by atoms with van der Waals surface area (Å²) < 4.78 is 5.06. The fraction of sp³-hybridized carbons (Fsp3) is 0.615. The molecule has 2 heterocycles. The fourth-order valence-electron chi connectivity index (χ4n) is 2.39. The Morgan fingerprint density at radius 1 is 1.53 bits per heavy atom. The molecule has 2 aliphatic rings. The predicted octanol–water partition coefficient (Wildman–Crippen LogP) is 2.00. The maximum absolute atomic E-state index is 12.0. The summed E-state index contributed by atoms with van der Waals surface area (Å²) in [7, 11) is 0. The molecule has 0 spiro atoms. The molecule has 1 N–H and O–H groups in total. The SMILES string of the molecule is CC1CCc2sc(C(=O)NC3COC3)cc2C1. The van der Waals surface area contributed by atoms with E-state index >= 15 is 0 Å². The Balaban J connectivity index is 1.72. The zero-order valence-corrected chi connectivity index (χ0v) is 10.8. The minimum Gasteiger partial charge on any atom is -0.377 e. The maximum Gasteiger partial charge on any atom is 0.261 e. The number of nitrogens with one attached hydrogen (secondary N) is 1. The molecule has 92 valence electrons. The quantitative estimate of drug-likeness (QED) is 0.873. The van der Waals surface area contributed by atoms with Crippen LogP contribution >= 0.6 is 11.3 Å². The number of carbonyl (C=O) groups excluding carboxylic acids is 1. The van der Waals surface area contributed by atoms with E-state index in [0.29, 0.717) is 13.2 Å². The number of fused-ring (bicyclic) bond motifs is 1. The van der Waals surface area contributed by atoms with Crippen LogP contribution in [0, 0.1) is 5.92 Å². The lowest BCUT2D eigenvalue weighted by atomic mass is 9.90. The first-order chi connectivity index (χ1) is 8.22. The van der Waals surface area contributed by atoms with Gasteiger partial charge in [-0.15, -0.1) is 11.3 Å². The average Bonchev–Trinajstić information content (AvgIpc) is 2.65. The van der Waals surface area contributed by atoms with Crippen LogP contribution in [0.3, 0.4) is 0 Å². The molecule has 4 heteroatoms. The van der Waals surface area contributed by atoms with Gasteiger partial charge in [-0.25, -0.2) is 0 Å². The number of rotatable bonds is 2. The second-order valence-electron chi connectivity index (χ2n) is 5.11. The lowest BCUT2D eigenvalue weighted by molar-refractivity contribution is -0.00339. The highest BCUT2D eigenvalue weighted by Crippen LogP contribution is 2.32. The van der Waals surface area contributed by atoms with E-state index in [0.717, 1.165) is 23.6 Å². The summed E-state index contributed by atoms with van der Waals surface area (Å²) in [6, 6.07) is 2.31. The zero-order chi connectivity index (χ0) is 11.8. The highest BCUT2D eigenvalue weighted by Gasteiger charge is 2.24. The van der Waals surface area contributed by atoms with Crippen molar-refractivity contribution in [3.8, 4) is 0 Å². The topological polar surface area (TPSA) is 38.3 Å². The number of ether oxygens (including phenoxy) is 1. The summed E-state index contributed by atoms with van der Waals surface area (Å²) in [5, 5.41) is 3.00. The molecule has 0 bridgehead atoms. The Hall–Kier alpha value is -0.870. The number of amides is 1. The van der Waals surface area contributed by atoms with Gasteiger partial charge in [-0.05, 0) is 36.8 Å². The molecule has 1 fully saturated rings. The van der Waals surface area contributed by atoms with E-state index in [9.17, 15) is 4.79 Å². The van der Waals surface area contributed by atoms with E-state index in [1.807, 2.05) is 0 Å². The van der Waals surface area contributed by atoms with Crippen molar-refractivity contribution in [3.63, 3.8) is 0 Å². The van der Waals surface area contributed by atoms with Gasteiger partial charge < -0.3 is 10.1 Å². The van der Waals surface area contributed by atoms with Crippen molar-refractivity contribution < 1.29 is 9.53 Å². The third kappa shape index (κ3) is 2.24. The van der Waals surface area contributed by atoms with Crippen LogP contribution in [0.4, 0.5) is 0 Å². The molecule has 17 heavy (non-hydrogen) atoms. The smallest absolute Gasteiger partial charge is 0.261 e.